The van der Waals surface area contributed by atoms with Crippen molar-refractivity contribution in [3.63, 3.8) is 0 Å². The lowest BCUT2D eigenvalue weighted by atomic mass is 9.43. The van der Waals surface area contributed by atoms with Crippen molar-refractivity contribution in [3.05, 3.63) is 0 Å². The quantitative estimate of drug-likeness (QED) is 0.526. The van der Waals surface area contributed by atoms with E-state index in [9.17, 15) is 0 Å². The van der Waals surface area contributed by atoms with E-state index >= 15 is 0 Å². The second-order valence-corrected chi connectivity index (χ2v) is 5.64. The zero-order valence-corrected chi connectivity index (χ0v) is 8.67. The molecule has 2 bridgehead atoms. The molecule has 4 rings (SSSR count). The molecule has 1 saturated heterocycles. The average molecular weight is 180 g/mol. The molecule has 0 aromatic rings. The fourth-order valence-corrected chi connectivity index (χ4v) is 3.78. The van der Waals surface area contributed by atoms with E-state index < -0.39 is 0 Å². The van der Waals surface area contributed by atoms with E-state index in [1.54, 1.807) is 0 Å². The van der Waals surface area contributed by atoms with E-state index in [1.807, 2.05) is 0 Å². The molecule has 3 aliphatic carbocycles. The summed E-state index contributed by atoms with van der Waals surface area (Å²) in [6.45, 7) is 7.01. The first-order valence-corrected chi connectivity index (χ1v) is 5.30. The van der Waals surface area contributed by atoms with Gasteiger partial charge in [0.15, 0.2) is 0 Å². The summed E-state index contributed by atoms with van der Waals surface area (Å²) in [6.07, 6.45) is 2.94. The maximum Gasteiger partial charge on any atom is 0.438 e. The van der Waals surface area contributed by atoms with Crippen molar-refractivity contribution in [2.45, 2.75) is 45.3 Å². The van der Waals surface area contributed by atoms with Crippen LogP contribution in [0.5, 0.6) is 0 Å². The van der Waals surface area contributed by atoms with E-state index in [0.29, 0.717) is 25.1 Å². The number of rotatable bonds is 0. The Labute approximate surface area is 80.3 Å². The van der Waals surface area contributed by atoms with Gasteiger partial charge in [0.05, 0.1) is 11.7 Å². The van der Waals surface area contributed by atoms with Crippen LogP contribution in [-0.2, 0) is 9.31 Å². The molecule has 4 unspecified atom stereocenters. The normalized spacial score (nSPS) is 56.4. The molecule has 0 aromatic heterocycles. The molecule has 0 radical (unpaired) electrons. The first-order chi connectivity index (χ1) is 6.05. The summed E-state index contributed by atoms with van der Waals surface area (Å²) in [5, 5.41) is 0. The van der Waals surface area contributed by atoms with Gasteiger partial charge < -0.3 is 9.31 Å². The molecule has 4 aliphatic rings. The van der Waals surface area contributed by atoms with E-state index in [4.69, 9.17) is 9.31 Å². The Kier molecular flexibility index (Phi) is 1.37. The smallest absolute Gasteiger partial charge is 0.408 e. The van der Waals surface area contributed by atoms with Gasteiger partial charge >= 0.3 is 7.69 Å². The van der Waals surface area contributed by atoms with Crippen LogP contribution in [0.4, 0.5) is 0 Å². The molecule has 2 nitrogen and oxygen atoms in total. The molecular formula is C10H17BO2. The van der Waals surface area contributed by atoms with Crippen LogP contribution in [0.25, 0.3) is 0 Å². The van der Waals surface area contributed by atoms with Crippen molar-refractivity contribution < 1.29 is 9.31 Å². The first kappa shape index (κ1) is 8.31. The molecule has 13 heavy (non-hydrogen) atoms. The molecule has 0 aromatic carbocycles. The van der Waals surface area contributed by atoms with Crippen molar-refractivity contribution in [2.75, 3.05) is 0 Å². The minimum absolute atomic E-state index is 0.0260. The topological polar surface area (TPSA) is 18.5 Å². The van der Waals surface area contributed by atoms with Gasteiger partial charge in [0.25, 0.3) is 0 Å². The molecular weight excluding hydrogens is 163 g/mol. The molecule has 0 spiro atoms. The molecule has 1 heterocycles. The number of hydrogen-bond acceptors (Lipinski definition) is 2. The zero-order valence-electron chi connectivity index (χ0n) is 8.67. The molecule has 72 valence electrons. The van der Waals surface area contributed by atoms with E-state index in [0.717, 1.165) is 5.92 Å². The fourth-order valence-electron chi connectivity index (χ4n) is 3.78. The summed E-state index contributed by atoms with van der Waals surface area (Å²) < 4.78 is 11.4. The molecule has 4 fully saturated rings. The predicted octanol–water partition coefficient (Wildman–Crippen LogP) is 1.49. The Morgan fingerprint density at radius 3 is 2.69 bits per heavy atom. The van der Waals surface area contributed by atoms with Crippen LogP contribution in [0.1, 0.15) is 33.6 Å². The second-order valence-electron chi connectivity index (χ2n) is 5.64. The highest BCUT2D eigenvalue weighted by Crippen LogP contribution is 2.65. The molecule has 1 aliphatic heterocycles. The van der Waals surface area contributed by atoms with Crippen molar-refractivity contribution in [1.82, 2.24) is 0 Å². The molecule has 0 N–H and O–H groups in total. The Balaban J connectivity index is 1.97. The van der Waals surface area contributed by atoms with Gasteiger partial charge in [-0.15, -0.1) is 0 Å². The van der Waals surface area contributed by atoms with Gasteiger partial charge in [0, 0.05) is 0 Å². The highest BCUT2D eigenvalue weighted by atomic mass is 16.6. The maximum atomic E-state index is 5.81. The third-order valence-corrected chi connectivity index (χ3v) is 4.94. The Hall–Kier alpha value is -0.0151. The van der Waals surface area contributed by atoms with Crippen molar-refractivity contribution in [3.8, 4) is 0 Å². The minimum Gasteiger partial charge on any atom is -0.408 e. The lowest BCUT2D eigenvalue weighted by molar-refractivity contribution is -0.199. The van der Waals surface area contributed by atoms with Gasteiger partial charge in [0.2, 0.25) is 0 Å². The SMILES string of the molecule is CC1(C)C2CC3OBOC3(C)C1C2. The van der Waals surface area contributed by atoms with Crippen molar-refractivity contribution >= 4 is 7.69 Å². The Morgan fingerprint density at radius 1 is 1.23 bits per heavy atom. The van der Waals surface area contributed by atoms with Crippen LogP contribution >= 0.6 is 0 Å². The molecule has 0 amide bonds. The van der Waals surface area contributed by atoms with Gasteiger partial charge in [-0.1, -0.05) is 13.8 Å². The predicted molar refractivity (Wildman–Crippen MR) is 51.5 cm³/mol. The van der Waals surface area contributed by atoms with Crippen molar-refractivity contribution in [1.29, 1.82) is 0 Å². The van der Waals surface area contributed by atoms with Crippen LogP contribution in [0.15, 0.2) is 0 Å². The van der Waals surface area contributed by atoms with Gasteiger partial charge in [-0.05, 0) is 37.0 Å². The van der Waals surface area contributed by atoms with E-state index in [1.165, 1.54) is 12.8 Å². The van der Waals surface area contributed by atoms with Crippen LogP contribution in [0.2, 0.25) is 0 Å². The summed E-state index contributed by atoms with van der Waals surface area (Å²) in [7, 11) is 0.514. The van der Waals surface area contributed by atoms with Crippen molar-refractivity contribution in [2.24, 2.45) is 17.3 Å². The third kappa shape index (κ3) is 0.786. The van der Waals surface area contributed by atoms with Crippen LogP contribution in [-0.4, -0.2) is 19.4 Å². The van der Waals surface area contributed by atoms with E-state index in [-0.39, 0.29) is 5.60 Å². The first-order valence-electron chi connectivity index (χ1n) is 5.30. The van der Waals surface area contributed by atoms with Crippen LogP contribution in [0.3, 0.4) is 0 Å². The van der Waals surface area contributed by atoms with Crippen LogP contribution < -0.4 is 0 Å². The lowest BCUT2D eigenvalue weighted by Crippen LogP contribution is -2.65. The Bertz CT molecular complexity index is 253. The standard InChI is InChI=1S/C10H17BO2/c1-9(2)6-4-7(9)10(3)8(5-6)12-11-13-10/h6-8,11H,4-5H2,1-3H3. The lowest BCUT2D eigenvalue weighted by Gasteiger charge is -2.64. The van der Waals surface area contributed by atoms with Gasteiger partial charge in [-0.2, -0.15) is 0 Å². The third-order valence-electron chi connectivity index (χ3n) is 4.94. The maximum absolute atomic E-state index is 5.81. The summed E-state index contributed by atoms with van der Waals surface area (Å²) >= 11 is 0. The zero-order chi connectivity index (χ0) is 9.27. The average Bonchev–Trinajstić information content (AvgIpc) is 2.44. The van der Waals surface area contributed by atoms with Crippen LogP contribution in [0, 0.1) is 17.3 Å². The summed E-state index contributed by atoms with van der Waals surface area (Å²) in [6, 6.07) is 0. The molecule has 3 saturated carbocycles. The summed E-state index contributed by atoms with van der Waals surface area (Å²) in [5.41, 5.74) is 0.511. The molecule has 4 atom stereocenters. The molecule has 3 heteroatoms. The summed E-state index contributed by atoms with van der Waals surface area (Å²) in [5.74, 6) is 1.59. The monoisotopic (exact) mass is 180 g/mol. The Morgan fingerprint density at radius 2 is 2.00 bits per heavy atom. The van der Waals surface area contributed by atoms with Gasteiger partial charge in [-0.3, -0.25) is 0 Å². The number of hydrogen-bond donors (Lipinski definition) is 0. The highest BCUT2D eigenvalue weighted by molar-refractivity contribution is 6.19. The highest BCUT2D eigenvalue weighted by Gasteiger charge is 2.65. The minimum atomic E-state index is 0.0260. The largest absolute Gasteiger partial charge is 0.438 e. The fraction of sp³-hybridized carbons (Fsp3) is 1.00. The van der Waals surface area contributed by atoms with Gasteiger partial charge in [0.1, 0.15) is 0 Å². The van der Waals surface area contributed by atoms with E-state index in [2.05, 4.69) is 20.8 Å². The van der Waals surface area contributed by atoms with Gasteiger partial charge in [-0.25, -0.2) is 0 Å². The second kappa shape index (κ2) is 2.14. The summed E-state index contributed by atoms with van der Waals surface area (Å²) in [4.78, 5) is 0.